The molecule has 0 heterocycles. The van der Waals surface area contributed by atoms with Crippen LogP contribution in [0.5, 0.6) is 0 Å². The SMILES string of the molecule is CCCCC(CC)CNS(=O)(=O)c1ccc(Br)cc1Br. The van der Waals surface area contributed by atoms with Crippen molar-refractivity contribution in [2.24, 2.45) is 5.92 Å². The maximum absolute atomic E-state index is 12.3. The lowest BCUT2D eigenvalue weighted by molar-refractivity contribution is 0.443. The predicted octanol–water partition coefficient (Wildman–Crippen LogP) is 4.71. The Morgan fingerprint density at radius 2 is 1.95 bits per heavy atom. The van der Waals surface area contributed by atoms with E-state index in [0.717, 1.165) is 30.2 Å². The van der Waals surface area contributed by atoms with E-state index in [1.54, 1.807) is 18.2 Å². The molecule has 20 heavy (non-hydrogen) atoms. The second-order valence-electron chi connectivity index (χ2n) is 4.84. The molecule has 1 unspecified atom stereocenters. The van der Waals surface area contributed by atoms with Crippen molar-refractivity contribution in [3.8, 4) is 0 Å². The Bertz CT molecular complexity index is 532. The average Bonchev–Trinajstić information content (AvgIpc) is 2.38. The Kier molecular flexibility index (Phi) is 7.72. The van der Waals surface area contributed by atoms with Crippen molar-refractivity contribution in [3.05, 3.63) is 27.1 Å². The molecular formula is C14H21Br2NO2S. The van der Waals surface area contributed by atoms with Crippen molar-refractivity contribution in [2.75, 3.05) is 6.54 Å². The molecule has 0 aromatic heterocycles. The Hall–Kier alpha value is 0.0900. The van der Waals surface area contributed by atoms with Crippen molar-refractivity contribution < 1.29 is 8.42 Å². The monoisotopic (exact) mass is 425 g/mol. The van der Waals surface area contributed by atoms with Crippen LogP contribution in [0, 0.1) is 5.92 Å². The maximum Gasteiger partial charge on any atom is 0.241 e. The van der Waals surface area contributed by atoms with Crippen LogP contribution in [0.15, 0.2) is 32.0 Å². The highest BCUT2D eigenvalue weighted by atomic mass is 79.9. The van der Waals surface area contributed by atoms with E-state index in [4.69, 9.17) is 0 Å². The Balaban J connectivity index is 2.74. The van der Waals surface area contributed by atoms with Gasteiger partial charge in [0.1, 0.15) is 0 Å². The third-order valence-electron chi connectivity index (χ3n) is 3.29. The minimum Gasteiger partial charge on any atom is -0.211 e. The first-order valence-corrected chi connectivity index (χ1v) is 9.92. The molecule has 0 saturated carbocycles. The summed E-state index contributed by atoms with van der Waals surface area (Å²) in [6.45, 7) is 4.75. The van der Waals surface area contributed by atoms with E-state index in [1.807, 2.05) is 0 Å². The van der Waals surface area contributed by atoms with Crippen molar-refractivity contribution in [1.82, 2.24) is 4.72 Å². The van der Waals surface area contributed by atoms with Crippen LogP contribution in [0.1, 0.15) is 39.5 Å². The average molecular weight is 427 g/mol. The zero-order valence-corrected chi connectivity index (χ0v) is 15.8. The largest absolute Gasteiger partial charge is 0.241 e. The first-order chi connectivity index (χ1) is 9.40. The van der Waals surface area contributed by atoms with Crippen LogP contribution in [-0.4, -0.2) is 15.0 Å². The van der Waals surface area contributed by atoms with Gasteiger partial charge in [-0.2, -0.15) is 0 Å². The van der Waals surface area contributed by atoms with Gasteiger partial charge in [0.25, 0.3) is 0 Å². The lowest BCUT2D eigenvalue weighted by Gasteiger charge is -2.16. The fraction of sp³-hybridized carbons (Fsp3) is 0.571. The van der Waals surface area contributed by atoms with Gasteiger partial charge in [-0.05, 0) is 46.5 Å². The minimum atomic E-state index is -3.46. The molecule has 0 radical (unpaired) electrons. The van der Waals surface area contributed by atoms with Gasteiger partial charge in [-0.1, -0.05) is 49.0 Å². The number of rotatable bonds is 8. The van der Waals surface area contributed by atoms with Crippen molar-refractivity contribution >= 4 is 41.9 Å². The second-order valence-corrected chi connectivity index (χ2v) is 8.35. The summed E-state index contributed by atoms with van der Waals surface area (Å²) in [6.07, 6.45) is 4.34. The van der Waals surface area contributed by atoms with Crippen molar-refractivity contribution in [2.45, 2.75) is 44.4 Å². The van der Waals surface area contributed by atoms with E-state index in [1.165, 1.54) is 0 Å². The van der Waals surface area contributed by atoms with Gasteiger partial charge in [0, 0.05) is 15.5 Å². The zero-order valence-electron chi connectivity index (χ0n) is 11.8. The number of unbranched alkanes of at least 4 members (excludes halogenated alkanes) is 1. The first kappa shape index (κ1) is 18.1. The fourth-order valence-electron chi connectivity index (χ4n) is 1.94. The van der Waals surface area contributed by atoms with E-state index in [9.17, 15) is 8.42 Å². The van der Waals surface area contributed by atoms with E-state index in [-0.39, 0.29) is 4.90 Å². The highest BCUT2D eigenvalue weighted by Gasteiger charge is 2.19. The quantitative estimate of drug-likeness (QED) is 0.654. The summed E-state index contributed by atoms with van der Waals surface area (Å²) in [5.41, 5.74) is 0. The fourth-order valence-corrected chi connectivity index (χ4v) is 4.80. The summed E-state index contributed by atoms with van der Waals surface area (Å²) in [5.74, 6) is 0.402. The van der Waals surface area contributed by atoms with E-state index in [2.05, 4.69) is 50.4 Å². The summed E-state index contributed by atoms with van der Waals surface area (Å²) in [6, 6.07) is 5.07. The van der Waals surface area contributed by atoms with Crippen LogP contribution in [-0.2, 0) is 10.0 Å². The Morgan fingerprint density at radius 3 is 2.50 bits per heavy atom. The number of hydrogen-bond donors (Lipinski definition) is 1. The lowest BCUT2D eigenvalue weighted by atomic mass is 10.00. The predicted molar refractivity (Wildman–Crippen MR) is 90.3 cm³/mol. The molecule has 1 N–H and O–H groups in total. The van der Waals surface area contributed by atoms with Crippen LogP contribution in [0.2, 0.25) is 0 Å². The number of halogens is 2. The summed E-state index contributed by atoms with van der Waals surface area (Å²) in [5, 5.41) is 0. The van der Waals surface area contributed by atoms with Gasteiger partial charge in [-0.3, -0.25) is 0 Å². The van der Waals surface area contributed by atoms with Gasteiger partial charge >= 0.3 is 0 Å². The normalized spacial score (nSPS) is 13.4. The molecule has 1 aromatic carbocycles. The van der Waals surface area contributed by atoms with Crippen LogP contribution < -0.4 is 4.72 Å². The van der Waals surface area contributed by atoms with E-state index in [0.29, 0.717) is 16.9 Å². The summed E-state index contributed by atoms with van der Waals surface area (Å²) in [7, 11) is -3.46. The van der Waals surface area contributed by atoms with Gasteiger partial charge in [-0.25, -0.2) is 13.1 Å². The van der Waals surface area contributed by atoms with E-state index >= 15 is 0 Å². The van der Waals surface area contributed by atoms with Crippen LogP contribution >= 0.6 is 31.9 Å². The molecular weight excluding hydrogens is 406 g/mol. The minimum absolute atomic E-state index is 0.283. The van der Waals surface area contributed by atoms with Crippen molar-refractivity contribution in [1.29, 1.82) is 0 Å². The highest BCUT2D eigenvalue weighted by molar-refractivity contribution is 9.11. The van der Waals surface area contributed by atoms with Crippen LogP contribution in [0.25, 0.3) is 0 Å². The Labute approximate surface area is 138 Å². The molecule has 0 aliphatic carbocycles. The molecule has 1 aromatic rings. The zero-order chi connectivity index (χ0) is 15.2. The van der Waals surface area contributed by atoms with Crippen LogP contribution in [0.4, 0.5) is 0 Å². The second kappa shape index (κ2) is 8.51. The molecule has 0 spiro atoms. The summed E-state index contributed by atoms with van der Waals surface area (Å²) < 4.78 is 28.7. The number of nitrogens with one attached hydrogen (secondary N) is 1. The topological polar surface area (TPSA) is 46.2 Å². The molecule has 0 amide bonds. The van der Waals surface area contributed by atoms with E-state index < -0.39 is 10.0 Å². The molecule has 3 nitrogen and oxygen atoms in total. The van der Waals surface area contributed by atoms with Gasteiger partial charge in [0.2, 0.25) is 10.0 Å². The third kappa shape index (κ3) is 5.47. The summed E-state index contributed by atoms with van der Waals surface area (Å²) in [4.78, 5) is 0.283. The smallest absolute Gasteiger partial charge is 0.211 e. The standard InChI is InChI=1S/C14H21Br2NO2S/c1-3-5-6-11(4-2)10-17-20(18,19)14-8-7-12(15)9-13(14)16/h7-9,11,17H,3-6,10H2,1-2H3. The first-order valence-electron chi connectivity index (χ1n) is 6.85. The molecule has 0 fully saturated rings. The van der Waals surface area contributed by atoms with Gasteiger partial charge < -0.3 is 0 Å². The van der Waals surface area contributed by atoms with Gasteiger partial charge in [0.15, 0.2) is 0 Å². The maximum atomic E-state index is 12.3. The highest BCUT2D eigenvalue weighted by Crippen LogP contribution is 2.25. The van der Waals surface area contributed by atoms with Gasteiger partial charge in [0.05, 0.1) is 4.90 Å². The molecule has 0 bridgehead atoms. The number of sulfonamides is 1. The molecule has 114 valence electrons. The molecule has 1 rings (SSSR count). The third-order valence-corrected chi connectivity index (χ3v) is 6.18. The molecule has 0 aliphatic rings. The Morgan fingerprint density at radius 1 is 1.25 bits per heavy atom. The molecule has 0 saturated heterocycles. The molecule has 6 heteroatoms. The van der Waals surface area contributed by atoms with Crippen molar-refractivity contribution in [3.63, 3.8) is 0 Å². The van der Waals surface area contributed by atoms with Gasteiger partial charge in [-0.15, -0.1) is 0 Å². The summed E-state index contributed by atoms with van der Waals surface area (Å²) >= 11 is 6.62. The lowest BCUT2D eigenvalue weighted by Crippen LogP contribution is -2.29. The molecule has 0 aliphatic heterocycles. The number of hydrogen-bond acceptors (Lipinski definition) is 2. The number of benzene rings is 1. The molecule has 1 atom stereocenters. The van der Waals surface area contributed by atoms with Crippen LogP contribution in [0.3, 0.4) is 0 Å².